The Hall–Kier alpha value is -1.28. The van der Waals surface area contributed by atoms with Crippen LogP contribution in [-0.4, -0.2) is 24.8 Å². The highest BCUT2D eigenvalue weighted by Gasteiger charge is 2.24. The minimum Gasteiger partial charge on any atom is -0.326 e. The fourth-order valence-electron chi connectivity index (χ4n) is 1.98. The average Bonchev–Trinajstić information content (AvgIpc) is 2.84. The zero-order valence-corrected chi connectivity index (χ0v) is 14.0. The van der Waals surface area contributed by atoms with Crippen LogP contribution in [0.4, 0.5) is 0 Å². The maximum absolute atomic E-state index is 12.7. The minimum absolute atomic E-state index is 0.315. The van der Waals surface area contributed by atoms with E-state index in [4.69, 9.17) is 5.73 Å². The lowest BCUT2D eigenvalue weighted by Gasteiger charge is -2.18. The van der Waals surface area contributed by atoms with Gasteiger partial charge in [0.2, 0.25) is 10.0 Å². The molecular weight excluding hydrogens is 306 g/mol. The van der Waals surface area contributed by atoms with Gasteiger partial charge in [0.25, 0.3) is 0 Å². The van der Waals surface area contributed by atoms with E-state index in [9.17, 15) is 8.42 Å². The number of benzene rings is 1. The molecular formula is C14H19N3O2S2. The Balaban J connectivity index is 2.35. The van der Waals surface area contributed by atoms with Crippen LogP contribution < -0.4 is 5.73 Å². The Morgan fingerprint density at radius 2 is 2.05 bits per heavy atom. The molecule has 0 aliphatic carbocycles. The number of hydrogen-bond acceptors (Lipinski definition) is 5. The quantitative estimate of drug-likeness (QED) is 0.912. The second-order valence-electron chi connectivity index (χ2n) is 4.93. The maximum atomic E-state index is 12.7. The van der Waals surface area contributed by atoms with E-state index in [1.54, 1.807) is 31.6 Å². The van der Waals surface area contributed by atoms with Crippen molar-refractivity contribution < 1.29 is 8.42 Å². The topological polar surface area (TPSA) is 76.3 Å². The van der Waals surface area contributed by atoms with Crippen LogP contribution in [0.5, 0.6) is 0 Å². The largest absolute Gasteiger partial charge is 0.326 e. The second kappa shape index (κ2) is 6.23. The van der Waals surface area contributed by atoms with Crippen molar-refractivity contribution in [3.63, 3.8) is 0 Å². The van der Waals surface area contributed by atoms with Crippen molar-refractivity contribution in [3.05, 3.63) is 45.4 Å². The van der Waals surface area contributed by atoms with Crippen LogP contribution in [0, 0.1) is 13.8 Å². The standard InChI is InChI=1S/C14H19N3O2S2/c1-10-4-5-12(7-15)6-14(10)21(18,19)17(3)8-13-11(2)16-9-20-13/h4-6,9H,7-8,15H2,1-3H3. The third-order valence-corrected chi connectivity index (χ3v) is 6.25. The number of hydrogen-bond donors (Lipinski definition) is 1. The monoisotopic (exact) mass is 325 g/mol. The average molecular weight is 325 g/mol. The highest BCUT2D eigenvalue weighted by Crippen LogP contribution is 2.23. The summed E-state index contributed by atoms with van der Waals surface area (Å²) in [7, 11) is -1.95. The second-order valence-corrected chi connectivity index (χ2v) is 7.88. The number of aromatic nitrogens is 1. The fraction of sp³-hybridized carbons (Fsp3) is 0.357. The van der Waals surface area contributed by atoms with Gasteiger partial charge in [0.15, 0.2) is 0 Å². The lowest BCUT2D eigenvalue weighted by atomic mass is 10.1. The Morgan fingerprint density at radius 3 is 2.62 bits per heavy atom. The summed E-state index contributed by atoms with van der Waals surface area (Å²) in [6, 6.07) is 5.29. The van der Waals surface area contributed by atoms with Crippen LogP contribution in [-0.2, 0) is 23.1 Å². The van der Waals surface area contributed by atoms with Crippen molar-refractivity contribution in [2.24, 2.45) is 5.73 Å². The molecule has 0 fully saturated rings. The SMILES string of the molecule is Cc1ccc(CN)cc1S(=O)(=O)N(C)Cc1scnc1C. The van der Waals surface area contributed by atoms with Crippen LogP contribution >= 0.6 is 11.3 Å². The Morgan fingerprint density at radius 1 is 1.33 bits per heavy atom. The summed E-state index contributed by atoms with van der Waals surface area (Å²) in [6.07, 6.45) is 0. The minimum atomic E-state index is -3.54. The van der Waals surface area contributed by atoms with E-state index in [1.165, 1.54) is 15.6 Å². The van der Waals surface area contributed by atoms with Crippen molar-refractivity contribution in [3.8, 4) is 0 Å². The number of aryl methyl sites for hydroxylation is 2. The molecule has 2 aromatic rings. The molecule has 0 radical (unpaired) electrons. The molecule has 0 aliphatic heterocycles. The van der Waals surface area contributed by atoms with Crippen LogP contribution in [0.2, 0.25) is 0 Å². The summed E-state index contributed by atoms with van der Waals surface area (Å²) < 4.78 is 26.8. The first-order valence-electron chi connectivity index (χ1n) is 6.51. The zero-order chi connectivity index (χ0) is 15.6. The normalized spacial score (nSPS) is 12.0. The molecule has 0 unspecified atom stereocenters. The first-order valence-corrected chi connectivity index (χ1v) is 8.83. The van der Waals surface area contributed by atoms with E-state index in [0.29, 0.717) is 18.0 Å². The number of nitrogens with two attached hydrogens (primary N) is 1. The molecule has 2 rings (SSSR count). The van der Waals surface area contributed by atoms with Crippen LogP contribution in [0.1, 0.15) is 21.7 Å². The molecule has 2 N–H and O–H groups in total. The first kappa shape index (κ1) is 16.1. The van der Waals surface area contributed by atoms with E-state index < -0.39 is 10.0 Å². The Bertz CT molecular complexity index is 738. The van der Waals surface area contributed by atoms with Gasteiger partial charge < -0.3 is 5.73 Å². The molecule has 1 aromatic heterocycles. The molecule has 7 heteroatoms. The maximum Gasteiger partial charge on any atom is 0.243 e. The summed E-state index contributed by atoms with van der Waals surface area (Å²) in [5, 5.41) is 0. The van der Waals surface area contributed by atoms with E-state index in [0.717, 1.165) is 21.7 Å². The van der Waals surface area contributed by atoms with Crippen molar-refractivity contribution >= 4 is 21.4 Å². The molecule has 5 nitrogen and oxygen atoms in total. The van der Waals surface area contributed by atoms with Gasteiger partial charge in [0.1, 0.15) is 0 Å². The van der Waals surface area contributed by atoms with Gasteiger partial charge in [-0.25, -0.2) is 13.4 Å². The van der Waals surface area contributed by atoms with Gasteiger partial charge in [-0.2, -0.15) is 4.31 Å². The number of sulfonamides is 1. The molecule has 0 amide bonds. The van der Waals surface area contributed by atoms with Crippen molar-refractivity contribution in [1.29, 1.82) is 0 Å². The highest BCUT2D eigenvalue weighted by molar-refractivity contribution is 7.89. The molecule has 0 aliphatic rings. The summed E-state index contributed by atoms with van der Waals surface area (Å²) >= 11 is 1.46. The Labute approximate surface area is 129 Å². The van der Waals surface area contributed by atoms with Gasteiger partial charge in [0.05, 0.1) is 16.1 Å². The summed E-state index contributed by atoms with van der Waals surface area (Å²) in [5.74, 6) is 0. The molecule has 0 bridgehead atoms. The van der Waals surface area contributed by atoms with Crippen molar-refractivity contribution in [2.75, 3.05) is 7.05 Å². The summed E-state index contributed by atoms with van der Waals surface area (Å²) in [4.78, 5) is 5.42. The van der Waals surface area contributed by atoms with Crippen LogP contribution in [0.3, 0.4) is 0 Å². The van der Waals surface area contributed by atoms with Gasteiger partial charge in [-0.1, -0.05) is 12.1 Å². The molecule has 0 spiro atoms. The smallest absolute Gasteiger partial charge is 0.243 e. The predicted octanol–water partition coefficient (Wildman–Crippen LogP) is 2.04. The van der Waals surface area contributed by atoms with E-state index >= 15 is 0 Å². The van der Waals surface area contributed by atoms with Crippen molar-refractivity contribution in [2.45, 2.75) is 31.8 Å². The molecule has 0 atom stereocenters. The fourth-order valence-corrected chi connectivity index (χ4v) is 4.30. The van der Waals surface area contributed by atoms with Gasteiger partial charge >= 0.3 is 0 Å². The molecule has 21 heavy (non-hydrogen) atoms. The highest BCUT2D eigenvalue weighted by atomic mass is 32.2. The third-order valence-electron chi connectivity index (χ3n) is 3.39. The molecule has 0 saturated heterocycles. The molecule has 114 valence electrons. The predicted molar refractivity (Wildman–Crippen MR) is 84.6 cm³/mol. The van der Waals surface area contributed by atoms with E-state index in [-0.39, 0.29) is 0 Å². The van der Waals surface area contributed by atoms with Gasteiger partial charge in [-0.05, 0) is 31.0 Å². The third kappa shape index (κ3) is 3.32. The summed E-state index contributed by atoms with van der Waals surface area (Å²) in [5.41, 5.74) is 9.73. The van der Waals surface area contributed by atoms with Gasteiger partial charge in [0, 0.05) is 25.0 Å². The zero-order valence-electron chi connectivity index (χ0n) is 12.3. The number of rotatable bonds is 5. The molecule has 0 saturated carbocycles. The van der Waals surface area contributed by atoms with E-state index in [1.807, 2.05) is 13.0 Å². The lowest BCUT2D eigenvalue weighted by molar-refractivity contribution is 0.468. The van der Waals surface area contributed by atoms with Crippen LogP contribution in [0.25, 0.3) is 0 Å². The molecule has 1 heterocycles. The van der Waals surface area contributed by atoms with Gasteiger partial charge in [-0.15, -0.1) is 11.3 Å². The van der Waals surface area contributed by atoms with E-state index in [2.05, 4.69) is 4.98 Å². The Kier molecular flexibility index (Phi) is 4.77. The van der Waals surface area contributed by atoms with Crippen LogP contribution in [0.15, 0.2) is 28.6 Å². The van der Waals surface area contributed by atoms with Crippen molar-refractivity contribution in [1.82, 2.24) is 9.29 Å². The first-order chi connectivity index (χ1) is 9.86. The molecule has 1 aromatic carbocycles. The lowest BCUT2D eigenvalue weighted by Crippen LogP contribution is -2.27. The number of nitrogens with zero attached hydrogens (tertiary/aromatic N) is 2. The summed E-state index contributed by atoms with van der Waals surface area (Å²) in [6.45, 7) is 4.32. The number of thiazole rings is 1. The van der Waals surface area contributed by atoms with Gasteiger partial charge in [-0.3, -0.25) is 0 Å².